The first-order valence-electron chi connectivity index (χ1n) is 13.5. The van der Waals surface area contributed by atoms with E-state index >= 15 is 0 Å². The monoisotopic (exact) mass is 518 g/mol. The van der Waals surface area contributed by atoms with E-state index in [9.17, 15) is 4.79 Å². The molecule has 1 aliphatic rings. The highest BCUT2D eigenvalue weighted by molar-refractivity contribution is 5.91. The fourth-order valence-corrected chi connectivity index (χ4v) is 5.05. The van der Waals surface area contributed by atoms with Gasteiger partial charge in [0.2, 0.25) is 5.95 Å². The Morgan fingerprint density at radius 3 is 2.59 bits per heavy atom. The van der Waals surface area contributed by atoms with Gasteiger partial charge >= 0.3 is 0 Å². The van der Waals surface area contributed by atoms with Crippen LogP contribution in [0.1, 0.15) is 36.0 Å². The molecule has 2 heterocycles. The van der Waals surface area contributed by atoms with E-state index in [4.69, 9.17) is 9.72 Å². The van der Waals surface area contributed by atoms with Crippen molar-refractivity contribution in [2.45, 2.75) is 32.1 Å². The van der Waals surface area contributed by atoms with Gasteiger partial charge < -0.3 is 15.0 Å². The number of nitrogens with zero attached hydrogens (tertiary/aromatic N) is 3. The molecule has 0 radical (unpaired) electrons. The first kappa shape index (κ1) is 26.2. The van der Waals surface area contributed by atoms with Gasteiger partial charge in [0.15, 0.2) is 5.78 Å². The van der Waals surface area contributed by atoms with Crippen LogP contribution in [0.3, 0.4) is 0 Å². The average Bonchev–Trinajstić information content (AvgIpc) is 2.99. The molecule has 0 unspecified atom stereocenters. The molecule has 1 fully saturated rings. The number of methoxy groups -OCH3 is 1. The summed E-state index contributed by atoms with van der Waals surface area (Å²) in [6.45, 7) is 5.80. The topological polar surface area (TPSA) is 67.4 Å². The van der Waals surface area contributed by atoms with Crippen molar-refractivity contribution in [2.75, 3.05) is 30.4 Å². The molecule has 6 heteroatoms. The Labute approximate surface area is 230 Å². The zero-order valence-corrected chi connectivity index (χ0v) is 22.4. The van der Waals surface area contributed by atoms with Crippen molar-refractivity contribution in [1.82, 2.24) is 9.97 Å². The fraction of sp³-hybridized carbons (Fsp3) is 0.242. The standard InChI is InChI=1S/C33H34N4O2/c1-3-30(38)21-26-20-25(15-16-31(26)39-2)32-27(19-24-11-6-4-7-12-24)23-34-33(36-32)35-28-13-10-14-29(22-28)37-17-8-5-9-18-37/h3-4,6-7,10-16,20,22-23H,1,5,8-9,17-19,21H2,2H3,(H,34,35,36). The summed E-state index contributed by atoms with van der Waals surface area (Å²) in [5.41, 5.74) is 6.86. The van der Waals surface area contributed by atoms with Gasteiger partial charge in [-0.15, -0.1) is 0 Å². The van der Waals surface area contributed by atoms with Crippen molar-refractivity contribution in [3.8, 4) is 17.0 Å². The van der Waals surface area contributed by atoms with Gasteiger partial charge in [0.25, 0.3) is 0 Å². The van der Waals surface area contributed by atoms with Crippen molar-refractivity contribution in [3.05, 3.63) is 108 Å². The van der Waals surface area contributed by atoms with Crippen LogP contribution in [-0.4, -0.2) is 36.0 Å². The maximum Gasteiger partial charge on any atom is 0.227 e. The third-order valence-electron chi connectivity index (χ3n) is 7.07. The third-order valence-corrected chi connectivity index (χ3v) is 7.07. The predicted octanol–water partition coefficient (Wildman–Crippen LogP) is 6.77. The first-order chi connectivity index (χ1) is 19.1. The van der Waals surface area contributed by atoms with Crippen molar-refractivity contribution in [3.63, 3.8) is 0 Å². The number of anilines is 3. The van der Waals surface area contributed by atoms with E-state index in [2.05, 4.69) is 52.1 Å². The molecule has 1 saturated heterocycles. The lowest BCUT2D eigenvalue weighted by Crippen LogP contribution is -2.29. The Balaban J connectivity index is 1.50. The first-order valence-corrected chi connectivity index (χ1v) is 13.5. The van der Waals surface area contributed by atoms with Gasteiger partial charge in [0.05, 0.1) is 12.8 Å². The Kier molecular flexibility index (Phi) is 8.32. The van der Waals surface area contributed by atoms with Crippen LogP contribution in [-0.2, 0) is 17.6 Å². The van der Waals surface area contributed by atoms with Crippen LogP contribution >= 0.6 is 0 Å². The maximum atomic E-state index is 12.2. The van der Waals surface area contributed by atoms with Crippen LogP contribution in [0, 0.1) is 0 Å². The number of nitrogens with one attached hydrogen (secondary N) is 1. The number of hydrogen-bond acceptors (Lipinski definition) is 6. The molecule has 0 bridgehead atoms. The van der Waals surface area contributed by atoms with Gasteiger partial charge in [0, 0.05) is 60.2 Å². The van der Waals surface area contributed by atoms with E-state index in [-0.39, 0.29) is 12.2 Å². The largest absolute Gasteiger partial charge is 0.496 e. The van der Waals surface area contributed by atoms with Gasteiger partial charge in [-0.05, 0) is 67.3 Å². The molecule has 1 aliphatic heterocycles. The van der Waals surface area contributed by atoms with Crippen molar-refractivity contribution >= 4 is 23.1 Å². The van der Waals surface area contributed by atoms with Gasteiger partial charge in [-0.2, -0.15) is 0 Å². The number of piperidine rings is 1. The lowest BCUT2D eigenvalue weighted by atomic mass is 9.97. The van der Waals surface area contributed by atoms with E-state index in [1.807, 2.05) is 48.7 Å². The number of ether oxygens (including phenoxy) is 1. The molecule has 6 nitrogen and oxygen atoms in total. The van der Waals surface area contributed by atoms with Crippen LogP contribution < -0.4 is 15.0 Å². The quantitative estimate of drug-likeness (QED) is 0.234. The molecule has 0 amide bonds. The average molecular weight is 519 g/mol. The normalized spacial score (nSPS) is 13.1. The van der Waals surface area contributed by atoms with E-state index in [1.165, 1.54) is 36.6 Å². The number of aromatic nitrogens is 2. The zero-order valence-electron chi connectivity index (χ0n) is 22.4. The molecule has 1 aromatic heterocycles. The second-order valence-electron chi connectivity index (χ2n) is 9.83. The summed E-state index contributed by atoms with van der Waals surface area (Å²) >= 11 is 0. The molecule has 0 saturated carbocycles. The molecule has 198 valence electrons. The number of benzene rings is 3. The lowest BCUT2D eigenvalue weighted by Gasteiger charge is -2.29. The third kappa shape index (κ3) is 6.52. The van der Waals surface area contributed by atoms with Crippen LogP contribution in [0.5, 0.6) is 5.75 Å². The molecule has 0 aliphatic carbocycles. The Bertz CT molecular complexity index is 1450. The number of carbonyl (C=O) groups is 1. The molecule has 5 rings (SSSR count). The highest BCUT2D eigenvalue weighted by Crippen LogP contribution is 2.31. The van der Waals surface area contributed by atoms with Crippen molar-refractivity contribution < 1.29 is 9.53 Å². The number of allylic oxidation sites excluding steroid dienone is 1. The van der Waals surface area contributed by atoms with Crippen LogP contribution in [0.15, 0.2) is 91.6 Å². The number of rotatable bonds is 10. The molecule has 0 spiro atoms. The maximum absolute atomic E-state index is 12.2. The Hall–Kier alpha value is -4.45. The SMILES string of the molecule is C=CC(=O)Cc1cc(-c2nc(Nc3cccc(N4CCCCC4)c3)ncc2Cc2ccccc2)ccc1OC. The summed E-state index contributed by atoms with van der Waals surface area (Å²) in [5, 5.41) is 3.42. The minimum absolute atomic E-state index is 0.0615. The fourth-order valence-electron chi connectivity index (χ4n) is 5.05. The van der Waals surface area contributed by atoms with E-state index in [1.54, 1.807) is 7.11 Å². The number of ketones is 1. The summed E-state index contributed by atoms with van der Waals surface area (Å²) in [6.07, 6.45) is 7.91. The number of hydrogen-bond donors (Lipinski definition) is 1. The molecule has 0 atom stereocenters. The van der Waals surface area contributed by atoms with E-state index in [0.717, 1.165) is 41.2 Å². The second-order valence-corrected chi connectivity index (χ2v) is 9.83. The van der Waals surface area contributed by atoms with Crippen LogP contribution in [0.25, 0.3) is 11.3 Å². The highest BCUT2D eigenvalue weighted by atomic mass is 16.5. The Morgan fingerprint density at radius 2 is 1.82 bits per heavy atom. The smallest absolute Gasteiger partial charge is 0.227 e. The van der Waals surface area contributed by atoms with Gasteiger partial charge in [-0.1, -0.05) is 43.0 Å². The minimum atomic E-state index is -0.0615. The van der Waals surface area contributed by atoms with Gasteiger partial charge in [0.1, 0.15) is 5.75 Å². The number of carbonyl (C=O) groups excluding carboxylic acids is 1. The summed E-state index contributed by atoms with van der Waals surface area (Å²) in [7, 11) is 1.61. The van der Waals surface area contributed by atoms with Crippen molar-refractivity contribution in [1.29, 1.82) is 0 Å². The molecular formula is C33H34N4O2. The van der Waals surface area contributed by atoms with Crippen LogP contribution in [0.2, 0.25) is 0 Å². The second kappa shape index (κ2) is 12.4. The highest BCUT2D eigenvalue weighted by Gasteiger charge is 2.16. The van der Waals surface area contributed by atoms with Gasteiger partial charge in [-0.25, -0.2) is 9.97 Å². The summed E-state index contributed by atoms with van der Waals surface area (Å²) in [4.78, 5) is 24.3. The summed E-state index contributed by atoms with van der Waals surface area (Å²) in [5.74, 6) is 1.13. The zero-order chi connectivity index (χ0) is 27.0. The van der Waals surface area contributed by atoms with E-state index in [0.29, 0.717) is 18.1 Å². The molecule has 4 aromatic rings. The minimum Gasteiger partial charge on any atom is -0.496 e. The predicted molar refractivity (Wildman–Crippen MR) is 158 cm³/mol. The molecule has 1 N–H and O–H groups in total. The van der Waals surface area contributed by atoms with Gasteiger partial charge in [-0.3, -0.25) is 4.79 Å². The lowest BCUT2D eigenvalue weighted by molar-refractivity contribution is -0.114. The summed E-state index contributed by atoms with van der Waals surface area (Å²) < 4.78 is 5.54. The van der Waals surface area contributed by atoms with E-state index < -0.39 is 0 Å². The van der Waals surface area contributed by atoms with Crippen LogP contribution in [0.4, 0.5) is 17.3 Å². The molecular weight excluding hydrogens is 484 g/mol. The molecule has 39 heavy (non-hydrogen) atoms. The van der Waals surface area contributed by atoms with Crippen molar-refractivity contribution in [2.24, 2.45) is 0 Å². The molecule has 3 aromatic carbocycles. The Morgan fingerprint density at radius 1 is 1.00 bits per heavy atom. The summed E-state index contributed by atoms with van der Waals surface area (Å²) in [6, 6.07) is 24.6.